The minimum absolute atomic E-state index is 0.106. The van der Waals surface area contributed by atoms with Crippen molar-refractivity contribution in [2.45, 2.75) is 33.1 Å². The highest BCUT2D eigenvalue weighted by atomic mass is 32.3. The Hall–Kier alpha value is -0.480. The van der Waals surface area contributed by atoms with Crippen molar-refractivity contribution in [2.24, 2.45) is 5.14 Å². The number of hydrogen-bond donors (Lipinski definition) is 2. The van der Waals surface area contributed by atoms with E-state index in [1.54, 1.807) is 14.0 Å². The van der Waals surface area contributed by atoms with E-state index in [2.05, 4.69) is 5.32 Å². The van der Waals surface area contributed by atoms with Crippen LogP contribution in [0.25, 0.3) is 0 Å². The summed E-state index contributed by atoms with van der Waals surface area (Å²) in [5.41, 5.74) is 0.504. The number of primary sulfonamides is 1. The highest BCUT2D eigenvalue weighted by Gasteiger charge is 2.38. The smallest absolute Gasteiger partial charge is 0.247 e. The highest BCUT2D eigenvalue weighted by Crippen LogP contribution is 2.42. The first kappa shape index (κ1) is 13.9. The summed E-state index contributed by atoms with van der Waals surface area (Å²) in [4.78, 5) is 0. The van der Waals surface area contributed by atoms with Crippen LogP contribution in [0, 0.1) is 0 Å². The molecule has 0 spiro atoms. The first-order valence-electron chi connectivity index (χ1n) is 5.25. The van der Waals surface area contributed by atoms with E-state index in [0.29, 0.717) is 12.0 Å². The number of sulfone groups is 1. The van der Waals surface area contributed by atoms with Crippen molar-refractivity contribution in [1.29, 1.82) is 0 Å². The predicted molar refractivity (Wildman–Crippen MR) is 68.8 cm³/mol. The van der Waals surface area contributed by atoms with E-state index >= 15 is 0 Å². The lowest BCUT2D eigenvalue weighted by molar-refractivity contribution is 0.498. The Morgan fingerprint density at radius 1 is 1.50 bits per heavy atom. The first-order valence-corrected chi connectivity index (χ1v) is 9.16. The van der Waals surface area contributed by atoms with Crippen LogP contribution in [-0.2, 0) is 19.9 Å². The highest BCUT2D eigenvalue weighted by molar-refractivity contribution is 7.95. The molecule has 0 radical (unpaired) electrons. The van der Waals surface area contributed by atoms with Gasteiger partial charge in [0.1, 0.15) is 8.42 Å². The number of sulfonamides is 1. The monoisotopic (exact) mass is 310 g/mol. The minimum atomic E-state index is -3.87. The van der Waals surface area contributed by atoms with Gasteiger partial charge in [-0.2, -0.15) is 0 Å². The van der Waals surface area contributed by atoms with Gasteiger partial charge in [0.25, 0.3) is 0 Å². The molecule has 3 N–H and O–H groups in total. The molecule has 0 fully saturated rings. The van der Waals surface area contributed by atoms with Gasteiger partial charge in [-0.05, 0) is 26.5 Å². The van der Waals surface area contributed by atoms with Gasteiger partial charge in [-0.25, -0.2) is 22.0 Å². The molecule has 0 saturated heterocycles. The predicted octanol–water partition coefficient (Wildman–Crippen LogP) is 0.222. The largest absolute Gasteiger partial charge is 0.313 e. The molecule has 0 saturated carbocycles. The van der Waals surface area contributed by atoms with E-state index < -0.39 is 25.1 Å². The molecule has 1 aliphatic rings. The second-order valence-electron chi connectivity index (χ2n) is 4.29. The number of rotatable bonds is 2. The van der Waals surface area contributed by atoms with Crippen molar-refractivity contribution in [2.75, 3.05) is 7.05 Å². The lowest BCUT2D eigenvalue weighted by Crippen LogP contribution is -2.31. The Kier molecular flexibility index (Phi) is 3.31. The van der Waals surface area contributed by atoms with Gasteiger partial charge in [-0.3, -0.25) is 0 Å². The molecule has 102 valence electrons. The summed E-state index contributed by atoms with van der Waals surface area (Å²) in [6.07, 6.45) is 0.423. The normalized spacial score (nSPS) is 26.8. The molecule has 6 nitrogen and oxygen atoms in total. The van der Waals surface area contributed by atoms with Crippen LogP contribution in [0.5, 0.6) is 0 Å². The summed E-state index contributed by atoms with van der Waals surface area (Å²) in [7, 11) is -5.60. The van der Waals surface area contributed by atoms with E-state index in [1.807, 2.05) is 0 Å². The average molecular weight is 310 g/mol. The lowest BCUT2D eigenvalue weighted by atomic mass is 10.1. The molecule has 0 bridgehead atoms. The first-order chi connectivity index (χ1) is 8.17. The van der Waals surface area contributed by atoms with E-state index in [0.717, 1.165) is 11.3 Å². The molecule has 1 aromatic heterocycles. The molecule has 0 aliphatic carbocycles. The van der Waals surface area contributed by atoms with Crippen LogP contribution < -0.4 is 10.5 Å². The number of thiophene rings is 1. The Balaban J connectivity index is 2.71. The Labute approximate surface area is 110 Å². The molecule has 0 unspecified atom stereocenters. The van der Waals surface area contributed by atoms with Crippen LogP contribution in [0.2, 0.25) is 0 Å². The van der Waals surface area contributed by atoms with Crippen molar-refractivity contribution < 1.29 is 16.8 Å². The SMILES string of the molecule is CN[C@@H]1C[C@H](C)S(=O)(=O)c2sc(S(N)(=O)=O)cc21. The fraction of sp³-hybridized carbons (Fsp3) is 0.556. The minimum Gasteiger partial charge on any atom is -0.313 e. The summed E-state index contributed by atoms with van der Waals surface area (Å²) in [5.74, 6) is 0. The van der Waals surface area contributed by atoms with Gasteiger partial charge >= 0.3 is 0 Å². The molecule has 1 aliphatic heterocycles. The molecule has 0 aromatic carbocycles. The van der Waals surface area contributed by atoms with E-state index in [-0.39, 0.29) is 14.5 Å². The van der Waals surface area contributed by atoms with E-state index in [4.69, 9.17) is 5.14 Å². The number of nitrogens with two attached hydrogens (primary N) is 1. The van der Waals surface area contributed by atoms with Gasteiger partial charge in [-0.1, -0.05) is 0 Å². The third kappa shape index (κ3) is 2.10. The third-order valence-corrected chi connectivity index (χ3v) is 8.38. The standard InChI is InChI=1S/C9H14N2O4S3/c1-5-3-7(11-2)6-4-8(18(10,14)15)16-9(6)17(5,12)13/h4-5,7,11H,3H2,1-2H3,(H2,10,14,15)/t5-,7+/m0/s1. The van der Waals surface area contributed by atoms with Crippen LogP contribution >= 0.6 is 11.3 Å². The summed E-state index contributed by atoms with van der Waals surface area (Å²) < 4.78 is 46.9. The van der Waals surface area contributed by atoms with Crippen LogP contribution in [-0.4, -0.2) is 29.1 Å². The van der Waals surface area contributed by atoms with Gasteiger partial charge < -0.3 is 5.32 Å². The Morgan fingerprint density at radius 2 is 2.11 bits per heavy atom. The second kappa shape index (κ2) is 4.27. The quantitative estimate of drug-likeness (QED) is 0.813. The van der Waals surface area contributed by atoms with E-state index in [1.165, 1.54) is 6.07 Å². The molecule has 2 rings (SSSR count). The Bertz CT molecular complexity index is 675. The molecule has 0 amide bonds. The van der Waals surface area contributed by atoms with E-state index in [9.17, 15) is 16.8 Å². The number of fused-ring (bicyclic) bond motifs is 1. The van der Waals surface area contributed by atoms with Gasteiger partial charge in [0.05, 0.1) is 5.25 Å². The third-order valence-electron chi connectivity index (χ3n) is 3.06. The van der Waals surface area contributed by atoms with Crippen molar-refractivity contribution in [3.63, 3.8) is 0 Å². The molecule has 2 atom stereocenters. The maximum atomic E-state index is 12.2. The summed E-state index contributed by atoms with van der Waals surface area (Å²) in [6.45, 7) is 1.62. The van der Waals surface area contributed by atoms with Crippen LogP contribution in [0.3, 0.4) is 0 Å². The zero-order valence-electron chi connectivity index (χ0n) is 9.87. The van der Waals surface area contributed by atoms with Crippen LogP contribution in [0.15, 0.2) is 14.5 Å². The van der Waals surface area contributed by atoms with Crippen molar-refractivity contribution in [3.8, 4) is 0 Å². The fourth-order valence-electron chi connectivity index (χ4n) is 2.01. The topological polar surface area (TPSA) is 106 Å². The second-order valence-corrected chi connectivity index (χ2v) is 9.69. The average Bonchev–Trinajstić information content (AvgIpc) is 2.69. The summed E-state index contributed by atoms with van der Waals surface area (Å²) >= 11 is 0.731. The number of hydrogen-bond acceptors (Lipinski definition) is 6. The van der Waals surface area contributed by atoms with Gasteiger partial charge in [0, 0.05) is 11.6 Å². The maximum Gasteiger partial charge on any atom is 0.247 e. The lowest BCUT2D eigenvalue weighted by Gasteiger charge is -2.26. The molecule has 1 aromatic rings. The van der Waals surface area contributed by atoms with Crippen LogP contribution in [0.1, 0.15) is 24.9 Å². The van der Waals surface area contributed by atoms with Gasteiger partial charge in [-0.15, -0.1) is 11.3 Å². The molecule has 2 heterocycles. The van der Waals surface area contributed by atoms with Crippen molar-refractivity contribution in [3.05, 3.63) is 11.6 Å². The molecule has 18 heavy (non-hydrogen) atoms. The van der Waals surface area contributed by atoms with Crippen molar-refractivity contribution in [1.82, 2.24) is 5.32 Å². The molecule has 9 heteroatoms. The summed E-state index contributed by atoms with van der Waals surface area (Å²) in [5, 5.41) is 7.51. The summed E-state index contributed by atoms with van der Waals surface area (Å²) in [6, 6.07) is 1.20. The van der Waals surface area contributed by atoms with Crippen molar-refractivity contribution >= 4 is 31.2 Å². The Morgan fingerprint density at radius 3 is 2.61 bits per heavy atom. The maximum absolute atomic E-state index is 12.2. The molecular formula is C9H14N2O4S3. The molecular weight excluding hydrogens is 296 g/mol. The zero-order valence-corrected chi connectivity index (χ0v) is 12.3. The van der Waals surface area contributed by atoms with Gasteiger partial charge in [0.15, 0.2) is 9.84 Å². The number of nitrogens with one attached hydrogen (secondary N) is 1. The zero-order chi connectivity index (χ0) is 13.7. The fourth-order valence-corrected chi connectivity index (χ4v) is 6.43. The van der Waals surface area contributed by atoms with Crippen LogP contribution in [0.4, 0.5) is 0 Å². The van der Waals surface area contributed by atoms with Gasteiger partial charge in [0.2, 0.25) is 10.0 Å².